The fourth-order valence-electron chi connectivity index (χ4n) is 2.55. The summed E-state index contributed by atoms with van der Waals surface area (Å²) in [5, 5.41) is 3.46. The van der Waals surface area contributed by atoms with Crippen molar-refractivity contribution in [2.75, 3.05) is 19.6 Å². The zero-order valence-electron chi connectivity index (χ0n) is 12.1. The van der Waals surface area contributed by atoms with Crippen molar-refractivity contribution in [3.8, 4) is 0 Å². The van der Waals surface area contributed by atoms with Crippen LogP contribution in [0.1, 0.15) is 37.2 Å². The monoisotopic (exact) mass is 339 g/mol. The van der Waals surface area contributed by atoms with Gasteiger partial charge in [-0.25, -0.2) is 4.98 Å². The van der Waals surface area contributed by atoms with E-state index >= 15 is 0 Å². The molecule has 1 aliphatic rings. The number of aromatic nitrogens is 1. The molecular weight excluding hydrogens is 318 g/mol. The van der Waals surface area contributed by atoms with Gasteiger partial charge in [-0.1, -0.05) is 13.8 Å². The van der Waals surface area contributed by atoms with E-state index in [1.165, 1.54) is 6.42 Å². The molecule has 1 saturated heterocycles. The number of hydrogen-bond donors (Lipinski definition) is 1. The molecule has 0 radical (unpaired) electrons. The Balaban J connectivity index is 2.12. The summed E-state index contributed by atoms with van der Waals surface area (Å²) in [5.74, 6) is 0.461. The zero-order valence-corrected chi connectivity index (χ0v) is 13.7. The first-order valence-electron chi connectivity index (χ1n) is 7.21. The lowest BCUT2D eigenvalue weighted by molar-refractivity contribution is 0.0714. The molecule has 20 heavy (non-hydrogen) atoms. The first-order chi connectivity index (χ1) is 9.58. The van der Waals surface area contributed by atoms with Gasteiger partial charge in [0.2, 0.25) is 0 Å². The minimum absolute atomic E-state index is 0.0138. The molecule has 1 aromatic rings. The molecule has 1 amide bonds. The molecule has 1 aromatic heterocycles. The molecule has 0 aromatic carbocycles. The third kappa shape index (κ3) is 4.03. The lowest BCUT2D eigenvalue weighted by atomic mass is 10.1. The lowest BCUT2D eigenvalue weighted by Crippen LogP contribution is -2.43. The Labute approximate surface area is 129 Å². The van der Waals surface area contributed by atoms with E-state index in [1.807, 2.05) is 17.0 Å². The average Bonchev–Trinajstić information content (AvgIpc) is 2.90. The largest absolute Gasteiger partial charge is 0.335 e. The number of carbonyl (C=O) groups excluding carboxylic acids is 1. The number of pyridine rings is 1. The molecule has 5 heteroatoms. The standard InChI is InChI=1S/C15H22BrN3O/c1-11(2)9-19(10-12-5-3-7-17-12)15(20)14-13(16)6-4-8-18-14/h4,6,8,11-12,17H,3,5,7,9-10H2,1-2H3. The van der Waals surface area contributed by atoms with Crippen LogP contribution in [0.4, 0.5) is 0 Å². The Morgan fingerprint density at radius 2 is 2.40 bits per heavy atom. The molecule has 1 unspecified atom stereocenters. The summed E-state index contributed by atoms with van der Waals surface area (Å²) in [7, 11) is 0. The van der Waals surface area contributed by atoms with Gasteiger partial charge in [0.25, 0.3) is 5.91 Å². The number of nitrogens with zero attached hydrogens (tertiary/aromatic N) is 2. The number of amides is 1. The quantitative estimate of drug-likeness (QED) is 0.896. The molecule has 1 atom stereocenters. The van der Waals surface area contributed by atoms with E-state index < -0.39 is 0 Å². The van der Waals surface area contributed by atoms with Gasteiger partial charge in [-0.2, -0.15) is 0 Å². The van der Waals surface area contributed by atoms with Crippen LogP contribution in [-0.2, 0) is 0 Å². The molecule has 0 saturated carbocycles. The van der Waals surface area contributed by atoms with Crippen LogP contribution in [0.25, 0.3) is 0 Å². The van der Waals surface area contributed by atoms with Crippen LogP contribution in [0.3, 0.4) is 0 Å². The highest BCUT2D eigenvalue weighted by Crippen LogP contribution is 2.17. The first kappa shape index (κ1) is 15.4. The highest BCUT2D eigenvalue weighted by Gasteiger charge is 2.24. The van der Waals surface area contributed by atoms with Crippen molar-refractivity contribution >= 4 is 21.8 Å². The normalized spacial score (nSPS) is 18.5. The highest BCUT2D eigenvalue weighted by molar-refractivity contribution is 9.10. The minimum atomic E-state index is 0.0138. The predicted octanol–water partition coefficient (Wildman–Crippen LogP) is 2.69. The second kappa shape index (κ2) is 7.18. The summed E-state index contributed by atoms with van der Waals surface area (Å²) in [6.45, 7) is 6.85. The number of carbonyl (C=O) groups is 1. The number of rotatable bonds is 5. The second-order valence-electron chi connectivity index (χ2n) is 5.73. The van der Waals surface area contributed by atoms with Gasteiger partial charge in [-0.3, -0.25) is 4.79 Å². The smallest absolute Gasteiger partial charge is 0.273 e. The van der Waals surface area contributed by atoms with Crippen molar-refractivity contribution in [3.63, 3.8) is 0 Å². The van der Waals surface area contributed by atoms with Crippen LogP contribution in [0.15, 0.2) is 22.8 Å². The number of nitrogens with one attached hydrogen (secondary N) is 1. The van der Waals surface area contributed by atoms with Crippen molar-refractivity contribution < 1.29 is 4.79 Å². The third-order valence-corrected chi connectivity index (χ3v) is 4.08. The summed E-state index contributed by atoms with van der Waals surface area (Å²) < 4.78 is 0.762. The number of hydrogen-bond acceptors (Lipinski definition) is 3. The predicted molar refractivity (Wildman–Crippen MR) is 83.7 cm³/mol. The van der Waals surface area contributed by atoms with E-state index in [2.05, 4.69) is 40.1 Å². The van der Waals surface area contributed by atoms with E-state index in [1.54, 1.807) is 6.20 Å². The van der Waals surface area contributed by atoms with Crippen LogP contribution in [0.2, 0.25) is 0 Å². The fraction of sp³-hybridized carbons (Fsp3) is 0.600. The van der Waals surface area contributed by atoms with Crippen LogP contribution >= 0.6 is 15.9 Å². The van der Waals surface area contributed by atoms with Gasteiger partial charge in [0.1, 0.15) is 5.69 Å². The van der Waals surface area contributed by atoms with Gasteiger partial charge in [0.15, 0.2) is 0 Å². The molecule has 1 aliphatic heterocycles. The van der Waals surface area contributed by atoms with Gasteiger partial charge in [0, 0.05) is 29.8 Å². The maximum Gasteiger partial charge on any atom is 0.273 e. The van der Waals surface area contributed by atoms with Crippen LogP contribution in [0.5, 0.6) is 0 Å². The van der Waals surface area contributed by atoms with Crippen LogP contribution in [-0.4, -0.2) is 41.5 Å². The van der Waals surface area contributed by atoms with Crippen molar-refractivity contribution in [3.05, 3.63) is 28.5 Å². The van der Waals surface area contributed by atoms with E-state index in [4.69, 9.17) is 0 Å². The van der Waals surface area contributed by atoms with E-state index in [0.717, 1.165) is 30.5 Å². The van der Waals surface area contributed by atoms with E-state index in [9.17, 15) is 4.79 Å². The van der Waals surface area contributed by atoms with Crippen molar-refractivity contribution in [1.82, 2.24) is 15.2 Å². The van der Waals surface area contributed by atoms with Gasteiger partial charge < -0.3 is 10.2 Å². The molecule has 0 spiro atoms. The summed E-state index contributed by atoms with van der Waals surface area (Å²) in [6, 6.07) is 4.11. The fourth-order valence-corrected chi connectivity index (χ4v) is 2.98. The summed E-state index contributed by atoms with van der Waals surface area (Å²) in [5.41, 5.74) is 0.506. The molecule has 0 bridgehead atoms. The molecule has 2 heterocycles. The Morgan fingerprint density at radius 3 is 3.00 bits per heavy atom. The zero-order chi connectivity index (χ0) is 14.5. The molecule has 1 fully saturated rings. The number of halogens is 1. The summed E-state index contributed by atoms with van der Waals surface area (Å²) >= 11 is 3.42. The lowest BCUT2D eigenvalue weighted by Gasteiger charge is -2.27. The Kier molecular flexibility index (Phi) is 5.54. The van der Waals surface area contributed by atoms with Gasteiger partial charge in [-0.15, -0.1) is 0 Å². The van der Waals surface area contributed by atoms with Crippen molar-refractivity contribution in [2.45, 2.75) is 32.7 Å². The maximum atomic E-state index is 12.7. The minimum Gasteiger partial charge on any atom is -0.335 e. The summed E-state index contributed by atoms with van der Waals surface area (Å²) in [6.07, 6.45) is 4.01. The molecular formula is C15H22BrN3O. The van der Waals surface area contributed by atoms with E-state index in [-0.39, 0.29) is 5.91 Å². The van der Waals surface area contributed by atoms with Crippen molar-refractivity contribution in [1.29, 1.82) is 0 Å². The molecule has 4 nitrogen and oxygen atoms in total. The van der Waals surface area contributed by atoms with Gasteiger partial charge in [-0.05, 0) is 53.4 Å². The van der Waals surface area contributed by atoms with Crippen molar-refractivity contribution in [2.24, 2.45) is 5.92 Å². The topological polar surface area (TPSA) is 45.2 Å². The average molecular weight is 340 g/mol. The Bertz CT molecular complexity index is 458. The van der Waals surface area contributed by atoms with E-state index in [0.29, 0.717) is 17.7 Å². The Hall–Kier alpha value is -0.940. The third-order valence-electron chi connectivity index (χ3n) is 3.44. The molecule has 0 aliphatic carbocycles. The molecule has 110 valence electrons. The SMILES string of the molecule is CC(C)CN(CC1CCCN1)C(=O)c1ncccc1Br. The molecule has 2 rings (SSSR count). The summed E-state index contributed by atoms with van der Waals surface area (Å²) in [4.78, 5) is 18.8. The Morgan fingerprint density at radius 1 is 1.60 bits per heavy atom. The van der Waals surface area contributed by atoms with Crippen LogP contribution < -0.4 is 5.32 Å². The highest BCUT2D eigenvalue weighted by atomic mass is 79.9. The molecule has 1 N–H and O–H groups in total. The van der Waals surface area contributed by atoms with Crippen LogP contribution in [0, 0.1) is 5.92 Å². The first-order valence-corrected chi connectivity index (χ1v) is 8.00. The maximum absolute atomic E-state index is 12.7. The van der Waals surface area contributed by atoms with Gasteiger partial charge >= 0.3 is 0 Å². The second-order valence-corrected chi connectivity index (χ2v) is 6.59. The van der Waals surface area contributed by atoms with Gasteiger partial charge in [0.05, 0.1) is 0 Å².